The number of para-hydroxylation sites is 1. The molecule has 4 rings (SSSR count). The Balaban J connectivity index is 2.15. The fourth-order valence-corrected chi connectivity index (χ4v) is 3.45. The summed E-state index contributed by atoms with van der Waals surface area (Å²) in [4.78, 5) is 0. The van der Waals surface area contributed by atoms with Gasteiger partial charge in [-0.3, -0.25) is 0 Å². The molecule has 0 unspecified atom stereocenters. The van der Waals surface area contributed by atoms with E-state index in [4.69, 9.17) is 16.1 Å². The first-order valence-corrected chi connectivity index (χ1v) is 7.97. The van der Waals surface area contributed by atoms with Crippen LogP contribution in [0, 0.1) is 13.8 Å². The second-order valence-electron chi connectivity index (χ2n) is 5.73. The van der Waals surface area contributed by atoms with Gasteiger partial charge in [-0.25, -0.2) is 0 Å². The molecule has 0 amide bonds. The zero-order valence-corrected chi connectivity index (χ0v) is 14.0. The summed E-state index contributed by atoms with van der Waals surface area (Å²) in [6.07, 6.45) is 0. The molecule has 0 bridgehead atoms. The fraction of sp³-hybridized carbons (Fsp3) is 0.105. The molecule has 0 saturated carbocycles. The summed E-state index contributed by atoms with van der Waals surface area (Å²) in [6.45, 7) is 3.78. The number of phenols is 1. The molecule has 0 atom stereocenters. The van der Waals surface area contributed by atoms with E-state index in [1.54, 1.807) is 12.1 Å². The number of hydrogen-bond acceptors (Lipinski definition) is 3. The standard InChI is InChI=1S/C19H15ClN2O2/c1-11-17(12(2)24-21-11)19-18(20)15-5-3-4-6-16(15)22(19)13-7-9-14(23)10-8-13/h3-10,23H,1-2H3. The third-order valence-electron chi connectivity index (χ3n) is 4.19. The third kappa shape index (κ3) is 2.11. The van der Waals surface area contributed by atoms with Crippen LogP contribution in [-0.4, -0.2) is 14.8 Å². The van der Waals surface area contributed by atoms with Crippen LogP contribution in [0.4, 0.5) is 0 Å². The molecule has 0 fully saturated rings. The van der Waals surface area contributed by atoms with Crippen LogP contribution in [0.2, 0.25) is 5.02 Å². The maximum absolute atomic E-state index is 9.60. The molecule has 1 N–H and O–H groups in total. The van der Waals surface area contributed by atoms with Crippen molar-refractivity contribution in [1.29, 1.82) is 0 Å². The zero-order valence-electron chi connectivity index (χ0n) is 13.2. The van der Waals surface area contributed by atoms with Crippen molar-refractivity contribution in [3.63, 3.8) is 0 Å². The van der Waals surface area contributed by atoms with E-state index in [2.05, 4.69) is 9.72 Å². The summed E-state index contributed by atoms with van der Waals surface area (Å²) in [5.74, 6) is 0.942. The Morgan fingerprint density at radius 3 is 2.42 bits per heavy atom. The van der Waals surface area contributed by atoms with Crippen molar-refractivity contribution in [3.8, 4) is 22.7 Å². The van der Waals surface area contributed by atoms with Gasteiger partial charge in [0.25, 0.3) is 0 Å². The van der Waals surface area contributed by atoms with Gasteiger partial charge >= 0.3 is 0 Å². The van der Waals surface area contributed by atoms with Gasteiger partial charge < -0.3 is 14.2 Å². The molecule has 2 heterocycles. The van der Waals surface area contributed by atoms with Crippen LogP contribution < -0.4 is 0 Å². The van der Waals surface area contributed by atoms with Crippen LogP contribution in [0.3, 0.4) is 0 Å². The summed E-state index contributed by atoms with van der Waals surface area (Å²) >= 11 is 6.74. The van der Waals surface area contributed by atoms with Gasteiger partial charge in [-0.2, -0.15) is 0 Å². The summed E-state index contributed by atoms with van der Waals surface area (Å²) in [6, 6.07) is 15.0. The van der Waals surface area contributed by atoms with Crippen molar-refractivity contribution in [2.75, 3.05) is 0 Å². The Kier molecular flexibility index (Phi) is 3.36. The minimum absolute atomic E-state index is 0.222. The van der Waals surface area contributed by atoms with Crippen molar-refractivity contribution in [3.05, 3.63) is 65.0 Å². The summed E-state index contributed by atoms with van der Waals surface area (Å²) in [5, 5.41) is 15.3. The predicted molar refractivity (Wildman–Crippen MR) is 94.9 cm³/mol. The summed E-state index contributed by atoms with van der Waals surface area (Å²) in [5.41, 5.74) is 4.43. The lowest BCUT2D eigenvalue weighted by Gasteiger charge is -2.11. The maximum Gasteiger partial charge on any atom is 0.143 e. The van der Waals surface area contributed by atoms with E-state index in [-0.39, 0.29) is 5.75 Å². The number of halogens is 1. The van der Waals surface area contributed by atoms with E-state index < -0.39 is 0 Å². The Morgan fingerprint density at radius 2 is 1.75 bits per heavy atom. The molecule has 0 saturated heterocycles. The highest BCUT2D eigenvalue weighted by atomic mass is 35.5. The second kappa shape index (κ2) is 5.42. The van der Waals surface area contributed by atoms with Crippen molar-refractivity contribution in [1.82, 2.24) is 9.72 Å². The lowest BCUT2D eigenvalue weighted by molar-refractivity contribution is 0.393. The first kappa shape index (κ1) is 14.8. The van der Waals surface area contributed by atoms with E-state index >= 15 is 0 Å². The number of aromatic hydroxyl groups is 1. The number of nitrogens with zero attached hydrogens (tertiary/aromatic N) is 2. The molecule has 2 aromatic heterocycles. The molecule has 0 spiro atoms. The van der Waals surface area contributed by atoms with Gasteiger partial charge in [-0.15, -0.1) is 0 Å². The maximum atomic E-state index is 9.60. The van der Waals surface area contributed by atoms with Crippen LogP contribution in [0.5, 0.6) is 5.75 Å². The number of hydrogen-bond donors (Lipinski definition) is 1. The molecule has 120 valence electrons. The van der Waals surface area contributed by atoms with Crippen LogP contribution in [0.1, 0.15) is 11.5 Å². The van der Waals surface area contributed by atoms with Crippen molar-refractivity contribution < 1.29 is 9.63 Å². The van der Waals surface area contributed by atoms with E-state index in [0.29, 0.717) is 5.02 Å². The number of benzene rings is 2. The molecule has 4 nitrogen and oxygen atoms in total. The SMILES string of the molecule is Cc1noc(C)c1-c1c(Cl)c2ccccc2n1-c1ccc(O)cc1. The van der Waals surface area contributed by atoms with Gasteiger partial charge in [-0.1, -0.05) is 35.0 Å². The molecule has 0 aliphatic carbocycles. The molecular weight excluding hydrogens is 324 g/mol. The van der Waals surface area contributed by atoms with Crippen LogP contribution in [-0.2, 0) is 0 Å². The Bertz CT molecular complexity index is 1030. The molecule has 0 radical (unpaired) electrons. The average molecular weight is 339 g/mol. The highest BCUT2D eigenvalue weighted by molar-refractivity contribution is 6.38. The first-order chi connectivity index (χ1) is 11.6. The normalized spacial score (nSPS) is 11.3. The molecular formula is C19H15ClN2O2. The largest absolute Gasteiger partial charge is 0.508 e. The van der Waals surface area contributed by atoms with Gasteiger partial charge in [-0.05, 0) is 44.2 Å². The van der Waals surface area contributed by atoms with Crippen LogP contribution >= 0.6 is 11.6 Å². The lowest BCUT2D eigenvalue weighted by Crippen LogP contribution is -1.98. The molecule has 2 aromatic carbocycles. The zero-order chi connectivity index (χ0) is 16.8. The quantitative estimate of drug-likeness (QED) is 0.542. The van der Waals surface area contributed by atoms with Crippen molar-refractivity contribution in [2.45, 2.75) is 13.8 Å². The van der Waals surface area contributed by atoms with Gasteiger partial charge in [0.2, 0.25) is 0 Å². The first-order valence-electron chi connectivity index (χ1n) is 7.59. The number of aromatic nitrogens is 2. The van der Waals surface area contributed by atoms with Crippen LogP contribution in [0.15, 0.2) is 53.1 Å². The highest BCUT2D eigenvalue weighted by Crippen LogP contribution is 2.42. The summed E-state index contributed by atoms with van der Waals surface area (Å²) < 4.78 is 7.42. The van der Waals surface area contributed by atoms with Gasteiger partial charge in [0.15, 0.2) is 0 Å². The van der Waals surface area contributed by atoms with Gasteiger partial charge in [0, 0.05) is 11.1 Å². The van der Waals surface area contributed by atoms with E-state index in [9.17, 15) is 5.11 Å². The number of rotatable bonds is 2. The Hall–Kier alpha value is -2.72. The number of phenolic OH excluding ortho intramolecular Hbond substituents is 1. The van der Waals surface area contributed by atoms with Crippen LogP contribution in [0.25, 0.3) is 27.8 Å². The fourth-order valence-electron chi connectivity index (χ4n) is 3.11. The predicted octanol–water partition coefficient (Wildman–Crippen LogP) is 5.26. The van der Waals surface area contributed by atoms with Gasteiger partial charge in [0.1, 0.15) is 11.5 Å². The van der Waals surface area contributed by atoms with E-state index in [1.165, 1.54) is 0 Å². The van der Waals surface area contributed by atoms with Crippen molar-refractivity contribution in [2.24, 2.45) is 0 Å². The molecule has 24 heavy (non-hydrogen) atoms. The number of aryl methyl sites for hydroxylation is 2. The lowest BCUT2D eigenvalue weighted by atomic mass is 10.1. The smallest absolute Gasteiger partial charge is 0.143 e. The minimum atomic E-state index is 0.222. The molecule has 4 aromatic rings. The highest BCUT2D eigenvalue weighted by Gasteiger charge is 2.23. The van der Waals surface area contributed by atoms with E-state index in [0.717, 1.165) is 39.3 Å². The topological polar surface area (TPSA) is 51.2 Å². The van der Waals surface area contributed by atoms with Gasteiger partial charge in [0.05, 0.1) is 27.5 Å². The number of fused-ring (bicyclic) bond motifs is 1. The molecule has 5 heteroatoms. The second-order valence-corrected chi connectivity index (χ2v) is 6.11. The van der Waals surface area contributed by atoms with Crippen molar-refractivity contribution >= 4 is 22.5 Å². The Labute approximate surface area is 143 Å². The van der Waals surface area contributed by atoms with E-state index in [1.807, 2.05) is 50.2 Å². The monoisotopic (exact) mass is 338 g/mol. The average Bonchev–Trinajstić information content (AvgIpc) is 3.06. The third-order valence-corrected chi connectivity index (χ3v) is 4.57. The molecule has 0 aliphatic rings. The molecule has 0 aliphatic heterocycles. The minimum Gasteiger partial charge on any atom is -0.508 e. The summed E-state index contributed by atoms with van der Waals surface area (Å²) in [7, 11) is 0. The Morgan fingerprint density at radius 1 is 1.04 bits per heavy atom.